The summed E-state index contributed by atoms with van der Waals surface area (Å²) >= 11 is 1.00. The quantitative estimate of drug-likeness (QED) is 0.523. The number of aryl methyl sites for hydroxylation is 1. The van der Waals surface area contributed by atoms with Gasteiger partial charge in [-0.3, -0.25) is 4.79 Å². The van der Waals surface area contributed by atoms with Gasteiger partial charge in [-0.25, -0.2) is 0 Å². The smallest absolute Gasteiger partial charge is 0.305 e. The van der Waals surface area contributed by atoms with E-state index >= 15 is 0 Å². The number of H-pyrrole nitrogens is 1. The number of aliphatic hydroxyl groups excluding tert-OH is 1. The standard InChI is InChI=1S/C19H22N2O3S/c1-12(7-8-13-5-3-2-4-6-13)20-11-16(23)14-9-10-15(22)17-18(14)25-19(24)21-17/h2-6,9-10,12,16,20,22-23H,7-8,11H2,1H3,(H,21,24). The van der Waals surface area contributed by atoms with Gasteiger partial charge in [0.05, 0.1) is 10.8 Å². The minimum absolute atomic E-state index is 0.0217. The Hall–Kier alpha value is -2.15. The zero-order valence-corrected chi connectivity index (χ0v) is 14.8. The van der Waals surface area contributed by atoms with Crippen LogP contribution in [-0.2, 0) is 6.42 Å². The fourth-order valence-electron chi connectivity index (χ4n) is 2.85. The third-order valence-corrected chi connectivity index (χ3v) is 5.25. The molecule has 0 radical (unpaired) electrons. The molecule has 4 N–H and O–H groups in total. The Morgan fingerprint density at radius 2 is 1.96 bits per heavy atom. The van der Waals surface area contributed by atoms with Gasteiger partial charge in [-0.2, -0.15) is 0 Å². The lowest BCUT2D eigenvalue weighted by molar-refractivity contribution is 0.171. The summed E-state index contributed by atoms with van der Waals surface area (Å²) in [5, 5.41) is 23.7. The summed E-state index contributed by atoms with van der Waals surface area (Å²) in [6, 6.07) is 13.7. The summed E-state index contributed by atoms with van der Waals surface area (Å²) < 4.78 is 0.608. The van der Waals surface area contributed by atoms with Gasteiger partial charge in [-0.15, -0.1) is 0 Å². The van der Waals surface area contributed by atoms with Gasteiger partial charge in [0.25, 0.3) is 0 Å². The Morgan fingerprint density at radius 3 is 2.72 bits per heavy atom. The first-order valence-electron chi connectivity index (χ1n) is 8.34. The summed E-state index contributed by atoms with van der Waals surface area (Å²) in [5.74, 6) is 0.0217. The number of aromatic nitrogens is 1. The average Bonchev–Trinajstić information content (AvgIpc) is 3.01. The maximum atomic E-state index is 11.6. The van der Waals surface area contributed by atoms with Crippen molar-refractivity contribution in [3.63, 3.8) is 0 Å². The van der Waals surface area contributed by atoms with Crippen LogP contribution in [0, 0.1) is 0 Å². The molecule has 0 aliphatic heterocycles. The monoisotopic (exact) mass is 358 g/mol. The molecule has 0 saturated heterocycles. The number of benzene rings is 2. The highest BCUT2D eigenvalue weighted by molar-refractivity contribution is 7.16. The molecular formula is C19H22N2O3S. The van der Waals surface area contributed by atoms with Crippen LogP contribution in [0.4, 0.5) is 0 Å². The van der Waals surface area contributed by atoms with E-state index in [0.717, 1.165) is 24.2 Å². The fraction of sp³-hybridized carbons (Fsp3) is 0.316. The van der Waals surface area contributed by atoms with E-state index in [-0.39, 0.29) is 16.7 Å². The molecule has 0 spiro atoms. The molecule has 0 bridgehead atoms. The van der Waals surface area contributed by atoms with E-state index in [9.17, 15) is 15.0 Å². The van der Waals surface area contributed by atoms with Gasteiger partial charge in [0.2, 0.25) is 0 Å². The van der Waals surface area contributed by atoms with E-state index in [0.29, 0.717) is 22.3 Å². The zero-order valence-electron chi connectivity index (χ0n) is 14.0. The van der Waals surface area contributed by atoms with Crippen molar-refractivity contribution < 1.29 is 10.2 Å². The number of fused-ring (bicyclic) bond motifs is 1. The van der Waals surface area contributed by atoms with Crippen molar-refractivity contribution in [2.24, 2.45) is 0 Å². The second kappa shape index (κ2) is 7.82. The van der Waals surface area contributed by atoms with Crippen molar-refractivity contribution in [2.75, 3.05) is 6.54 Å². The van der Waals surface area contributed by atoms with Gasteiger partial charge in [0, 0.05) is 18.2 Å². The molecule has 3 rings (SSSR count). The number of rotatable bonds is 7. The Balaban J connectivity index is 1.60. The van der Waals surface area contributed by atoms with Crippen molar-refractivity contribution in [2.45, 2.75) is 31.9 Å². The lowest BCUT2D eigenvalue weighted by Gasteiger charge is -2.18. The van der Waals surface area contributed by atoms with Crippen LogP contribution in [0.25, 0.3) is 10.2 Å². The first-order chi connectivity index (χ1) is 12.0. The molecule has 2 atom stereocenters. The molecule has 2 aromatic carbocycles. The summed E-state index contributed by atoms with van der Waals surface area (Å²) in [4.78, 5) is 13.9. The van der Waals surface area contributed by atoms with Crippen molar-refractivity contribution in [1.29, 1.82) is 0 Å². The Labute approximate surface area is 150 Å². The van der Waals surface area contributed by atoms with E-state index in [1.165, 1.54) is 11.6 Å². The second-order valence-corrected chi connectivity index (χ2v) is 7.23. The fourth-order valence-corrected chi connectivity index (χ4v) is 3.77. The molecule has 132 valence electrons. The summed E-state index contributed by atoms with van der Waals surface area (Å²) in [7, 11) is 0. The zero-order chi connectivity index (χ0) is 17.8. The largest absolute Gasteiger partial charge is 0.506 e. The van der Waals surface area contributed by atoms with Crippen molar-refractivity contribution >= 4 is 21.6 Å². The second-order valence-electron chi connectivity index (χ2n) is 6.24. The van der Waals surface area contributed by atoms with Crippen molar-refractivity contribution in [1.82, 2.24) is 10.3 Å². The number of aromatic hydroxyl groups is 1. The van der Waals surface area contributed by atoms with Crippen LogP contribution < -0.4 is 10.2 Å². The van der Waals surface area contributed by atoms with Crippen LogP contribution in [-0.4, -0.2) is 27.8 Å². The van der Waals surface area contributed by atoms with E-state index in [1.54, 1.807) is 6.07 Å². The van der Waals surface area contributed by atoms with Crippen LogP contribution in [0.15, 0.2) is 47.3 Å². The highest BCUT2D eigenvalue weighted by Crippen LogP contribution is 2.31. The number of phenolic OH excluding ortho intramolecular Hbond substituents is 1. The average molecular weight is 358 g/mol. The molecule has 6 heteroatoms. The molecular weight excluding hydrogens is 336 g/mol. The van der Waals surface area contributed by atoms with Crippen LogP contribution in [0.2, 0.25) is 0 Å². The molecule has 0 aliphatic carbocycles. The molecule has 5 nitrogen and oxygen atoms in total. The minimum Gasteiger partial charge on any atom is -0.506 e. The maximum Gasteiger partial charge on any atom is 0.305 e. The molecule has 0 amide bonds. The van der Waals surface area contributed by atoms with Crippen molar-refractivity contribution in [3.05, 3.63) is 63.3 Å². The topological polar surface area (TPSA) is 85.3 Å². The summed E-state index contributed by atoms with van der Waals surface area (Å²) in [5.41, 5.74) is 2.34. The number of aromatic amines is 1. The first-order valence-corrected chi connectivity index (χ1v) is 9.16. The Bertz CT molecular complexity index is 889. The predicted molar refractivity (Wildman–Crippen MR) is 101 cm³/mol. The Kier molecular flexibility index (Phi) is 5.53. The lowest BCUT2D eigenvalue weighted by Crippen LogP contribution is -2.30. The van der Waals surface area contributed by atoms with Crippen LogP contribution in [0.3, 0.4) is 0 Å². The summed E-state index contributed by atoms with van der Waals surface area (Å²) in [6.45, 7) is 2.48. The maximum absolute atomic E-state index is 11.6. The third-order valence-electron chi connectivity index (χ3n) is 4.32. The number of hydrogen-bond donors (Lipinski definition) is 4. The van der Waals surface area contributed by atoms with E-state index < -0.39 is 6.10 Å². The van der Waals surface area contributed by atoms with Crippen LogP contribution >= 0.6 is 11.3 Å². The number of hydrogen-bond acceptors (Lipinski definition) is 5. The molecule has 3 aromatic rings. The number of nitrogens with one attached hydrogen (secondary N) is 2. The number of aliphatic hydroxyl groups is 1. The number of phenols is 1. The minimum atomic E-state index is -0.742. The SMILES string of the molecule is CC(CCc1ccccc1)NCC(O)c1ccc(O)c2[nH]c(=O)sc12. The first kappa shape index (κ1) is 17.7. The van der Waals surface area contributed by atoms with E-state index in [1.807, 2.05) is 18.2 Å². The third kappa shape index (κ3) is 4.28. The van der Waals surface area contributed by atoms with Crippen LogP contribution in [0.5, 0.6) is 5.75 Å². The molecule has 25 heavy (non-hydrogen) atoms. The summed E-state index contributed by atoms with van der Waals surface area (Å²) in [6.07, 6.45) is 1.21. The van der Waals surface area contributed by atoms with E-state index in [4.69, 9.17) is 0 Å². The van der Waals surface area contributed by atoms with Gasteiger partial charge in [0.15, 0.2) is 0 Å². The highest BCUT2D eigenvalue weighted by atomic mass is 32.1. The van der Waals surface area contributed by atoms with Crippen LogP contribution in [0.1, 0.15) is 30.6 Å². The van der Waals surface area contributed by atoms with Crippen molar-refractivity contribution in [3.8, 4) is 5.75 Å². The molecule has 0 fully saturated rings. The van der Waals surface area contributed by atoms with Gasteiger partial charge in [-0.05, 0) is 31.4 Å². The van der Waals surface area contributed by atoms with Gasteiger partial charge in [0.1, 0.15) is 11.3 Å². The van der Waals surface area contributed by atoms with E-state index in [2.05, 4.69) is 29.4 Å². The Morgan fingerprint density at radius 1 is 1.20 bits per heavy atom. The predicted octanol–water partition coefficient (Wildman–Crippen LogP) is 2.94. The number of thiazole rings is 1. The van der Waals surface area contributed by atoms with Gasteiger partial charge in [-0.1, -0.05) is 47.7 Å². The molecule has 1 heterocycles. The molecule has 1 aromatic heterocycles. The van der Waals surface area contributed by atoms with Gasteiger partial charge < -0.3 is 20.5 Å². The normalized spacial score (nSPS) is 13.8. The molecule has 2 unspecified atom stereocenters. The molecule has 0 saturated carbocycles. The van der Waals surface area contributed by atoms with Gasteiger partial charge >= 0.3 is 4.87 Å². The lowest BCUT2D eigenvalue weighted by atomic mass is 10.1. The molecule has 0 aliphatic rings. The highest BCUT2D eigenvalue weighted by Gasteiger charge is 2.16.